The van der Waals surface area contributed by atoms with Gasteiger partial charge in [-0.05, 0) is 84.7 Å². The van der Waals surface area contributed by atoms with Gasteiger partial charge in [0.2, 0.25) is 0 Å². The predicted octanol–water partition coefficient (Wildman–Crippen LogP) is 6.31. The fraction of sp³-hybridized carbons (Fsp3) is 0.250. The molecule has 0 bridgehead atoms. The van der Waals surface area contributed by atoms with Gasteiger partial charge in [0.15, 0.2) is 0 Å². The summed E-state index contributed by atoms with van der Waals surface area (Å²) in [7, 11) is 0. The van der Waals surface area contributed by atoms with Gasteiger partial charge in [0.05, 0.1) is 6.10 Å². The third kappa shape index (κ3) is 3.12. The van der Waals surface area contributed by atoms with Crippen molar-refractivity contribution in [3.63, 3.8) is 0 Å². The molecule has 25 heavy (non-hydrogen) atoms. The van der Waals surface area contributed by atoms with E-state index in [9.17, 15) is 5.11 Å². The first-order valence-corrected chi connectivity index (χ1v) is 8.86. The van der Waals surface area contributed by atoms with Crippen LogP contribution in [0.15, 0.2) is 54.6 Å². The molecule has 0 fully saturated rings. The maximum atomic E-state index is 10.7. The molecule has 0 radical (unpaired) electrons. The Morgan fingerprint density at radius 1 is 0.600 bits per heavy atom. The van der Waals surface area contributed by atoms with Crippen LogP contribution >= 0.6 is 0 Å². The van der Waals surface area contributed by atoms with Gasteiger partial charge < -0.3 is 5.11 Å². The summed E-state index contributed by atoms with van der Waals surface area (Å²) in [5.41, 5.74) is 10.7. The van der Waals surface area contributed by atoms with Crippen molar-refractivity contribution in [3.8, 4) is 22.3 Å². The molecule has 0 unspecified atom stereocenters. The lowest BCUT2D eigenvalue weighted by molar-refractivity contribution is 0.200. The lowest BCUT2D eigenvalue weighted by Crippen LogP contribution is -2.02. The van der Waals surface area contributed by atoms with Crippen LogP contribution in [0.2, 0.25) is 0 Å². The van der Waals surface area contributed by atoms with E-state index in [1.807, 2.05) is 6.92 Å². The van der Waals surface area contributed by atoms with Gasteiger partial charge in [-0.2, -0.15) is 0 Å². The third-order valence-electron chi connectivity index (χ3n) is 5.02. The minimum Gasteiger partial charge on any atom is -0.389 e. The second-order valence-corrected chi connectivity index (χ2v) is 6.98. The maximum absolute atomic E-state index is 10.7. The fourth-order valence-corrected chi connectivity index (χ4v) is 3.93. The van der Waals surface area contributed by atoms with Gasteiger partial charge in [-0.15, -0.1) is 0 Å². The van der Waals surface area contributed by atoms with Crippen LogP contribution in [0.1, 0.15) is 40.8 Å². The molecule has 0 spiro atoms. The molecule has 1 nitrogen and oxygen atoms in total. The van der Waals surface area contributed by atoms with E-state index in [2.05, 4.69) is 82.3 Å². The van der Waals surface area contributed by atoms with Crippen LogP contribution < -0.4 is 0 Å². The van der Waals surface area contributed by atoms with E-state index in [1.165, 1.54) is 33.4 Å². The summed E-state index contributed by atoms with van der Waals surface area (Å²) in [5.74, 6) is 0. The number of aryl methyl sites for hydroxylation is 4. The average molecular weight is 330 g/mol. The van der Waals surface area contributed by atoms with Gasteiger partial charge in [-0.1, -0.05) is 54.6 Å². The Morgan fingerprint density at radius 2 is 0.920 bits per heavy atom. The number of aliphatic hydroxyl groups excluding tert-OH is 1. The highest BCUT2D eigenvalue weighted by molar-refractivity contribution is 5.84. The minimum atomic E-state index is -0.538. The van der Waals surface area contributed by atoms with Crippen molar-refractivity contribution in [1.82, 2.24) is 0 Å². The van der Waals surface area contributed by atoms with Crippen molar-refractivity contribution in [1.29, 1.82) is 0 Å². The number of hydrogen-bond acceptors (Lipinski definition) is 1. The molecule has 0 aliphatic carbocycles. The number of aliphatic hydroxyl groups is 1. The third-order valence-corrected chi connectivity index (χ3v) is 5.02. The van der Waals surface area contributed by atoms with Gasteiger partial charge in [0.1, 0.15) is 0 Å². The first kappa shape index (κ1) is 17.4. The zero-order valence-electron chi connectivity index (χ0n) is 15.7. The number of rotatable bonds is 3. The normalized spacial score (nSPS) is 12.2. The predicted molar refractivity (Wildman–Crippen MR) is 107 cm³/mol. The maximum Gasteiger partial charge on any atom is 0.0773 e. The van der Waals surface area contributed by atoms with E-state index in [1.54, 1.807) is 0 Å². The quantitative estimate of drug-likeness (QED) is 0.597. The highest BCUT2D eigenvalue weighted by Crippen LogP contribution is 2.40. The van der Waals surface area contributed by atoms with Gasteiger partial charge in [-0.3, -0.25) is 0 Å². The molecule has 3 aromatic rings. The van der Waals surface area contributed by atoms with Gasteiger partial charge in [0.25, 0.3) is 0 Å². The lowest BCUT2D eigenvalue weighted by atomic mass is 9.84. The topological polar surface area (TPSA) is 20.2 Å². The van der Waals surface area contributed by atoms with Crippen LogP contribution in [0.25, 0.3) is 22.3 Å². The van der Waals surface area contributed by atoms with Crippen molar-refractivity contribution < 1.29 is 5.11 Å². The van der Waals surface area contributed by atoms with E-state index in [0.717, 1.165) is 16.7 Å². The second-order valence-electron chi connectivity index (χ2n) is 6.98. The zero-order valence-corrected chi connectivity index (χ0v) is 15.7. The largest absolute Gasteiger partial charge is 0.389 e. The number of benzene rings is 3. The van der Waals surface area contributed by atoms with E-state index < -0.39 is 6.10 Å². The van der Waals surface area contributed by atoms with Gasteiger partial charge in [0, 0.05) is 0 Å². The summed E-state index contributed by atoms with van der Waals surface area (Å²) in [6, 6.07) is 19.1. The first-order valence-electron chi connectivity index (χ1n) is 8.86. The Morgan fingerprint density at radius 3 is 1.24 bits per heavy atom. The van der Waals surface area contributed by atoms with E-state index >= 15 is 0 Å². The molecule has 0 aliphatic rings. The molecule has 3 aromatic carbocycles. The Bertz CT molecular complexity index is 809. The van der Waals surface area contributed by atoms with Crippen molar-refractivity contribution in [2.24, 2.45) is 0 Å². The molecule has 1 N–H and O–H groups in total. The van der Waals surface area contributed by atoms with Crippen molar-refractivity contribution >= 4 is 0 Å². The van der Waals surface area contributed by atoms with E-state index in [-0.39, 0.29) is 0 Å². The molecule has 3 rings (SSSR count). The Kier molecular flexibility index (Phi) is 4.78. The summed E-state index contributed by atoms with van der Waals surface area (Å²) < 4.78 is 0. The summed E-state index contributed by atoms with van der Waals surface area (Å²) >= 11 is 0. The van der Waals surface area contributed by atoms with E-state index in [0.29, 0.717) is 0 Å². The molecular formula is C24H26O. The van der Waals surface area contributed by atoms with Crippen LogP contribution in [0.4, 0.5) is 0 Å². The molecule has 128 valence electrons. The molecule has 0 saturated carbocycles. The van der Waals surface area contributed by atoms with Crippen LogP contribution in [0.3, 0.4) is 0 Å². The molecular weight excluding hydrogens is 304 g/mol. The fourth-order valence-electron chi connectivity index (χ4n) is 3.93. The highest BCUT2D eigenvalue weighted by atomic mass is 16.3. The summed E-state index contributed by atoms with van der Waals surface area (Å²) in [6.45, 7) is 10.4. The van der Waals surface area contributed by atoms with E-state index in [4.69, 9.17) is 0 Å². The lowest BCUT2D eigenvalue weighted by Gasteiger charge is -2.22. The second kappa shape index (κ2) is 6.85. The van der Waals surface area contributed by atoms with Crippen LogP contribution in [0, 0.1) is 27.7 Å². The Hall–Kier alpha value is -2.38. The smallest absolute Gasteiger partial charge is 0.0773 e. The zero-order chi connectivity index (χ0) is 18.1. The first-order chi connectivity index (χ1) is 11.9. The SMILES string of the molecule is Cc1cccc(C)c1-c1cccc(-c2c(C)cccc2C)c1[C@@H](C)O. The number of hydrogen-bond donors (Lipinski definition) is 1. The van der Waals surface area contributed by atoms with Gasteiger partial charge in [-0.25, -0.2) is 0 Å². The molecule has 0 heterocycles. The summed E-state index contributed by atoms with van der Waals surface area (Å²) in [6.07, 6.45) is -0.538. The average Bonchev–Trinajstić information content (AvgIpc) is 2.54. The van der Waals surface area contributed by atoms with Crippen LogP contribution in [0.5, 0.6) is 0 Å². The Labute approximate surface area is 151 Å². The highest BCUT2D eigenvalue weighted by Gasteiger charge is 2.19. The monoisotopic (exact) mass is 330 g/mol. The standard InChI is InChI=1S/C24H26O/c1-15-9-6-10-16(2)22(15)20-13-8-14-21(24(20)19(5)25)23-17(3)11-7-12-18(23)4/h6-14,19,25H,1-5H3/t19-/m1/s1. The molecule has 1 atom stereocenters. The van der Waals surface area contributed by atoms with Crippen LogP contribution in [-0.4, -0.2) is 5.11 Å². The summed E-state index contributed by atoms with van der Waals surface area (Å²) in [5, 5.41) is 10.7. The molecule has 0 amide bonds. The van der Waals surface area contributed by atoms with Crippen molar-refractivity contribution in [2.45, 2.75) is 40.7 Å². The molecule has 0 aromatic heterocycles. The minimum absolute atomic E-state index is 0.538. The van der Waals surface area contributed by atoms with Gasteiger partial charge >= 0.3 is 0 Å². The summed E-state index contributed by atoms with van der Waals surface area (Å²) in [4.78, 5) is 0. The van der Waals surface area contributed by atoms with Crippen molar-refractivity contribution in [2.75, 3.05) is 0 Å². The molecule has 0 saturated heterocycles. The van der Waals surface area contributed by atoms with Crippen LogP contribution in [-0.2, 0) is 0 Å². The molecule has 0 aliphatic heterocycles. The molecule has 1 heteroatoms. The van der Waals surface area contributed by atoms with Crippen molar-refractivity contribution in [3.05, 3.63) is 82.4 Å². The Balaban J connectivity index is 2.38.